The van der Waals surface area contributed by atoms with Gasteiger partial charge in [0, 0.05) is 37.6 Å². The van der Waals surface area contributed by atoms with Crippen LogP contribution >= 0.6 is 0 Å². The Kier molecular flexibility index (Phi) is 10.5. The molecular formula is C26H23F6N5O5. The smallest absolute Gasteiger partial charge is 0.475 e. The predicted molar refractivity (Wildman–Crippen MR) is 134 cm³/mol. The van der Waals surface area contributed by atoms with Gasteiger partial charge in [-0.2, -0.15) is 26.3 Å². The summed E-state index contributed by atoms with van der Waals surface area (Å²) in [6.07, 6.45) is -6.39. The number of rotatable bonds is 4. The van der Waals surface area contributed by atoms with Crippen molar-refractivity contribution in [3.8, 4) is 11.1 Å². The molecule has 0 bridgehead atoms. The fourth-order valence-corrected chi connectivity index (χ4v) is 3.68. The van der Waals surface area contributed by atoms with E-state index in [1.54, 1.807) is 0 Å². The molecule has 1 saturated heterocycles. The normalized spacial score (nSPS) is 15.6. The van der Waals surface area contributed by atoms with Gasteiger partial charge in [-0.05, 0) is 23.8 Å². The van der Waals surface area contributed by atoms with Crippen LogP contribution in [-0.2, 0) is 20.9 Å². The molecule has 0 saturated carbocycles. The van der Waals surface area contributed by atoms with E-state index in [-0.39, 0.29) is 6.10 Å². The molecule has 0 spiro atoms. The summed E-state index contributed by atoms with van der Waals surface area (Å²) in [6, 6.07) is 20.5. The minimum absolute atomic E-state index is 0.0856. The van der Waals surface area contributed by atoms with E-state index in [4.69, 9.17) is 24.5 Å². The van der Waals surface area contributed by atoms with E-state index in [9.17, 15) is 26.3 Å². The van der Waals surface area contributed by atoms with Crippen LogP contribution in [0.15, 0.2) is 73.1 Å². The molecule has 0 amide bonds. The molecule has 1 atom stereocenters. The largest absolute Gasteiger partial charge is 0.490 e. The monoisotopic (exact) mass is 599 g/mol. The summed E-state index contributed by atoms with van der Waals surface area (Å²) in [5, 5.41) is 23.0. The second-order valence-electron chi connectivity index (χ2n) is 8.61. The van der Waals surface area contributed by atoms with E-state index in [1.807, 2.05) is 47.2 Å². The van der Waals surface area contributed by atoms with Gasteiger partial charge in [0.15, 0.2) is 0 Å². The van der Waals surface area contributed by atoms with Gasteiger partial charge < -0.3 is 14.9 Å². The minimum atomic E-state index is -5.08. The van der Waals surface area contributed by atoms with Crippen molar-refractivity contribution in [2.24, 2.45) is 0 Å². The van der Waals surface area contributed by atoms with E-state index in [0.29, 0.717) is 6.61 Å². The minimum Gasteiger partial charge on any atom is -0.475 e. The molecule has 1 aliphatic heterocycles. The zero-order chi connectivity index (χ0) is 30.9. The fraction of sp³-hybridized carbons (Fsp3) is 0.269. The van der Waals surface area contributed by atoms with Crippen LogP contribution in [0.3, 0.4) is 0 Å². The zero-order valence-electron chi connectivity index (χ0n) is 21.5. The Bertz CT molecular complexity index is 1440. The van der Waals surface area contributed by atoms with Crippen LogP contribution < -0.4 is 0 Å². The number of fused-ring (bicyclic) bond motifs is 1. The summed E-state index contributed by atoms with van der Waals surface area (Å²) in [4.78, 5) is 24.6. The average molecular weight is 599 g/mol. The molecule has 1 aromatic carbocycles. The zero-order valence-corrected chi connectivity index (χ0v) is 21.5. The van der Waals surface area contributed by atoms with Crippen molar-refractivity contribution >= 4 is 17.5 Å². The number of ether oxygens (including phenoxy) is 1. The molecule has 3 aromatic heterocycles. The van der Waals surface area contributed by atoms with Crippen molar-refractivity contribution in [3.05, 3.63) is 84.4 Å². The van der Waals surface area contributed by atoms with Crippen LogP contribution in [0.4, 0.5) is 26.3 Å². The number of nitrogens with zero attached hydrogens (tertiary/aromatic N) is 5. The van der Waals surface area contributed by atoms with Gasteiger partial charge >= 0.3 is 24.3 Å². The lowest BCUT2D eigenvalue weighted by atomic mass is 10.1. The maximum absolute atomic E-state index is 10.6. The molecule has 42 heavy (non-hydrogen) atoms. The molecular weight excluding hydrogens is 576 g/mol. The average Bonchev–Trinajstić information content (AvgIpc) is 3.37. The number of pyridine rings is 2. The number of aromatic nitrogens is 4. The molecule has 4 aromatic rings. The van der Waals surface area contributed by atoms with Gasteiger partial charge in [-0.25, -0.2) is 14.1 Å². The lowest BCUT2D eigenvalue weighted by Gasteiger charge is -2.31. The van der Waals surface area contributed by atoms with Crippen LogP contribution in [0.25, 0.3) is 16.6 Å². The van der Waals surface area contributed by atoms with Crippen molar-refractivity contribution in [1.82, 2.24) is 24.7 Å². The molecule has 5 rings (SSSR count). The van der Waals surface area contributed by atoms with Gasteiger partial charge in [-0.1, -0.05) is 47.7 Å². The molecule has 16 heteroatoms. The molecule has 0 aliphatic carbocycles. The summed E-state index contributed by atoms with van der Waals surface area (Å²) in [6.45, 7) is 3.17. The van der Waals surface area contributed by atoms with E-state index < -0.39 is 24.3 Å². The Morgan fingerprint density at radius 2 is 1.50 bits per heavy atom. The van der Waals surface area contributed by atoms with Crippen LogP contribution in [0.5, 0.6) is 0 Å². The number of aliphatic carboxylic acids is 2. The highest BCUT2D eigenvalue weighted by atomic mass is 19.4. The molecule has 2 N–H and O–H groups in total. The van der Waals surface area contributed by atoms with Crippen LogP contribution in [0.1, 0.15) is 17.5 Å². The Hall–Kier alpha value is -4.57. The summed E-state index contributed by atoms with van der Waals surface area (Å²) in [5.41, 5.74) is 5.24. The molecule has 4 heterocycles. The number of carbonyl (C=O) groups is 2. The Morgan fingerprint density at radius 1 is 0.881 bits per heavy atom. The fourth-order valence-electron chi connectivity index (χ4n) is 3.68. The van der Waals surface area contributed by atoms with Crippen LogP contribution in [-0.4, -0.2) is 78.9 Å². The number of carboxylic acids is 2. The number of halogens is 6. The third kappa shape index (κ3) is 9.24. The van der Waals surface area contributed by atoms with Gasteiger partial charge in [0.05, 0.1) is 17.8 Å². The van der Waals surface area contributed by atoms with Crippen LogP contribution in [0, 0.1) is 0 Å². The highest BCUT2D eigenvalue weighted by Gasteiger charge is 2.38. The lowest BCUT2D eigenvalue weighted by molar-refractivity contribution is -0.193. The number of hydrogen-bond acceptors (Lipinski definition) is 7. The highest BCUT2D eigenvalue weighted by molar-refractivity contribution is 5.73. The van der Waals surface area contributed by atoms with E-state index in [0.717, 1.165) is 47.7 Å². The maximum Gasteiger partial charge on any atom is 0.490 e. The molecule has 1 unspecified atom stereocenters. The van der Waals surface area contributed by atoms with Gasteiger partial charge in [-0.15, -0.1) is 5.10 Å². The topological polar surface area (TPSA) is 130 Å². The van der Waals surface area contributed by atoms with Crippen molar-refractivity contribution in [2.45, 2.75) is 25.0 Å². The Labute approximate surface area is 233 Å². The SMILES string of the molecule is O=C(O)C(F)(F)F.O=C(O)C(F)(F)F.c1ccc(-c2ccc3c(C4CN(Cc5ccccn5)CCO4)nnn3c2)cc1. The van der Waals surface area contributed by atoms with E-state index in [2.05, 4.69) is 50.5 Å². The first-order valence-electron chi connectivity index (χ1n) is 12.0. The van der Waals surface area contributed by atoms with Crippen molar-refractivity contribution in [3.63, 3.8) is 0 Å². The summed E-state index contributed by atoms with van der Waals surface area (Å²) >= 11 is 0. The first-order chi connectivity index (χ1) is 19.8. The number of morpholine rings is 1. The van der Waals surface area contributed by atoms with E-state index >= 15 is 0 Å². The van der Waals surface area contributed by atoms with E-state index in [1.165, 1.54) is 0 Å². The quantitative estimate of drug-likeness (QED) is 0.323. The van der Waals surface area contributed by atoms with Crippen LogP contribution in [0.2, 0.25) is 0 Å². The molecule has 1 aliphatic rings. The van der Waals surface area contributed by atoms with Gasteiger partial charge in [0.1, 0.15) is 11.8 Å². The first-order valence-corrected chi connectivity index (χ1v) is 12.0. The summed E-state index contributed by atoms with van der Waals surface area (Å²) < 4.78 is 71.4. The van der Waals surface area contributed by atoms with Crippen molar-refractivity contribution < 1.29 is 50.9 Å². The lowest BCUT2D eigenvalue weighted by Crippen LogP contribution is -2.38. The van der Waals surface area contributed by atoms with Gasteiger partial charge in [0.2, 0.25) is 0 Å². The van der Waals surface area contributed by atoms with Crippen molar-refractivity contribution in [2.75, 3.05) is 19.7 Å². The molecule has 224 valence electrons. The summed E-state index contributed by atoms with van der Waals surface area (Å²) in [7, 11) is 0. The summed E-state index contributed by atoms with van der Waals surface area (Å²) in [5.74, 6) is -5.51. The van der Waals surface area contributed by atoms with Gasteiger partial charge in [0.25, 0.3) is 0 Å². The molecule has 1 fully saturated rings. The number of hydrogen-bond donors (Lipinski definition) is 2. The third-order valence-electron chi connectivity index (χ3n) is 5.60. The number of alkyl halides is 6. The third-order valence-corrected chi connectivity index (χ3v) is 5.60. The molecule has 0 radical (unpaired) electrons. The standard InChI is InChI=1S/C22H21N5O.2C2HF3O2/c1-2-6-17(7-3-1)18-9-10-20-22(24-25-27(20)14-18)21-16-26(12-13-28-21)15-19-8-4-5-11-23-19;2*3-2(4,5)1(6)7/h1-11,14,21H,12-13,15-16H2;2*(H,6,7). The Morgan fingerprint density at radius 3 is 2.07 bits per heavy atom. The van der Waals surface area contributed by atoms with Gasteiger partial charge in [-0.3, -0.25) is 9.88 Å². The Balaban J connectivity index is 0.000000289. The molecule has 10 nitrogen and oxygen atoms in total. The number of benzene rings is 1. The first kappa shape index (κ1) is 32.0. The number of carboxylic acid groups (broad SMARTS) is 2. The maximum atomic E-state index is 10.6. The predicted octanol–water partition coefficient (Wildman–Crippen LogP) is 4.63. The second kappa shape index (κ2) is 13.9. The highest BCUT2D eigenvalue weighted by Crippen LogP contribution is 2.27. The van der Waals surface area contributed by atoms with Crippen molar-refractivity contribution in [1.29, 1.82) is 0 Å². The second-order valence-corrected chi connectivity index (χ2v) is 8.61.